The van der Waals surface area contributed by atoms with Crippen LogP contribution < -0.4 is 4.90 Å². The molecular weight excluding hydrogens is 226 g/mol. The molecule has 0 aliphatic carbocycles. The van der Waals surface area contributed by atoms with Crippen molar-refractivity contribution < 1.29 is 9.90 Å². The Morgan fingerprint density at radius 1 is 1.31 bits per heavy atom. The van der Waals surface area contributed by atoms with E-state index in [-0.39, 0.29) is 6.42 Å². The molecule has 0 spiro atoms. The summed E-state index contributed by atoms with van der Waals surface area (Å²) in [5, 5.41) is 18.5. The molecule has 2 heterocycles. The molecule has 0 aromatic carbocycles. The first-order valence-electron chi connectivity index (χ1n) is 5.55. The van der Waals surface area contributed by atoms with E-state index in [1.165, 1.54) is 30.6 Å². The fourth-order valence-corrected chi connectivity index (χ4v) is 2.66. The molecule has 0 radical (unpaired) electrons. The van der Waals surface area contributed by atoms with Gasteiger partial charge in [-0.25, -0.2) is 0 Å². The molecule has 0 atom stereocenters. The van der Waals surface area contributed by atoms with Gasteiger partial charge in [-0.3, -0.25) is 4.79 Å². The molecule has 88 valence electrons. The average Bonchev–Trinajstić information content (AvgIpc) is 2.76. The Labute approximate surface area is 98.1 Å². The zero-order chi connectivity index (χ0) is 11.4. The molecule has 5 nitrogen and oxygen atoms in total. The summed E-state index contributed by atoms with van der Waals surface area (Å²) >= 11 is 1.52. The van der Waals surface area contributed by atoms with Crippen LogP contribution in [0, 0.1) is 0 Å². The number of hydrogen-bond acceptors (Lipinski definition) is 5. The van der Waals surface area contributed by atoms with Crippen LogP contribution in [-0.2, 0) is 11.2 Å². The lowest BCUT2D eigenvalue weighted by molar-refractivity contribution is -0.136. The van der Waals surface area contributed by atoms with Gasteiger partial charge in [0, 0.05) is 19.5 Å². The van der Waals surface area contributed by atoms with Crippen molar-refractivity contribution in [1.29, 1.82) is 0 Å². The van der Waals surface area contributed by atoms with Crippen molar-refractivity contribution in [2.75, 3.05) is 18.0 Å². The second-order valence-electron chi connectivity index (χ2n) is 3.92. The van der Waals surface area contributed by atoms with Crippen LogP contribution in [0.3, 0.4) is 0 Å². The van der Waals surface area contributed by atoms with Crippen LogP contribution in [0.4, 0.5) is 5.13 Å². The Balaban J connectivity index is 1.93. The molecule has 0 saturated carbocycles. The van der Waals surface area contributed by atoms with E-state index in [0.29, 0.717) is 6.42 Å². The maximum atomic E-state index is 10.4. The highest BCUT2D eigenvalue weighted by molar-refractivity contribution is 7.15. The van der Waals surface area contributed by atoms with E-state index in [9.17, 15) is 4.79 Å². The van der Waals surface area contributed by atoms with E-state index in [1.807, 2.05) is 0 Å². The van der Waals surface area contributed by atoms with Crippen LogP contribution >= 0.6 is 11.3 Å². The number of carboxylic acid groups (broad SMARTS) is 1. The maximum Gasteiger partial charge on any atom is 0.303 e. The largest absolute Gasteiger partial charge is 0.481 e. The summed E-state index contributed by atoms with van der Waals surface area (Å²) < 4.78 is 0. The predicted octanol–water partition coefficient (Wildman–Crippen LogP) is 1.55. The second kappa shape index (κ2) is 5.25. The van der Waals surface area contributed by atoms with E-state index >= 15 is 0 Å². The lowest BCUT2D eigenvalue weighted by Crippen LogP contribution is -2.29. The highest BCUT2D eigenvalue weighted by atomic mass is 32.1. The molecule has 1 aromatic rings. The summed E-state index contributed by atoms with van der Waals surface area (Å²) in [6.07, 6.45) is 4.34. The van der Waals surface area contributed by atoms with Gasteiger partial charge in [-0.15, -0.1) is 10.2 Å². The number of piperidine rings is 1. The maximum absolute atomic E-state index is 10.4. The minimum Gasteiger partial charge on any atom is -0.481 e. The number of aromatic nitrogens is 2. The van der Waals surface area contributed by atoms with Gasteiger partial charge in [0.15, 0.2) is 0 Å². The molecule has 0 amide bonds. The Hall–Kier alpha value is -1.17. The molecular formula is C10H15N3O2S. The first-order chi connectivity index (χ1) is 7.75. The monoisotopic (exact) mass is 241 g/mol. The molecule has 1 N–H and O–H groups in total. The summed E-state index contributed by atoms with van der Waals surface area (Å²) in [5.74, 6) is -0.783. The van der Waals surface area contributed by atoms with Crippen molar-refractivity contribution >= 4 is 22.4 Å². The molecule has 0 unspecified atom stereocenters. The Morgan fingerprint density at radius 2 is 2.06 bits per heavy atom. The van der Waals surface area contributed by atoms with Gasteiger partial charge < -0.3 is 10.0 Å². The Kier molecular flexibility index (Phi) is 3.71. The summed E-state index contributed by atoms with van der Waals surface area (Å²) in [6.45, 7) is 2.10. The van der Waals surface area contributed by atoms with Crippen molar-refractivity contribution in [2.45, 2.75) is 32.1 Å². The van der Waals surface area contributed by atoms with Gasteiger partial charge in [0.05, 0.1) is 6.42 Å². The lowest BCUT2D eigenvalue weighted by Gasteiger charge is -2.25. The van der Waals surface area contributed by atoms with Gasteiger partial charge in [0.1, 0.15) is 5.01 Å². The van der Waals surface area contributed by atoms with Gasteiger partial charge in [-0.05, 0) is 19.3 Å². The predicted molar refractivity (Wildman–Crippen MR) is 61.9 cm³/mol. The van der Waals surface area contributed by atoms with E-state index in [1.54, 1.807) is 0 Å². The fourth-order valence-electron chi connectivity index (χ4n) is 1.77. The second-order valence-corrected chi connectivity index (χ2v) is 4.96. The zero-order valence-electron chi connectivity index (χ0n) is 9.06. The molecule has 1 aromatic heterocycles. The number of carbonyl (C=O) groups is 1. The quantitative estimate of drug-likeness (QED) is 0.866. The van der Waals surface area contributed by atoms with E-state index in [4.69, 9.17) is 5.11 Å². The average molecular weight is 241 g/mol. The molecule has 1 fully saturated rings. The Bertz CT molecular complexity index is 361. The number of nitrogens with zero attached hydrogens (tertiary/aromatic N) is 3. The highest BCUT2D eigenvalue weighted by Crippen LogP contribution is 2.24. The van der Waals surface area contributed by atoms with Crippen LogP contribution in [0.2, 0.25) is 0 Å². The first kappa shape index (κ1) is 11.3. The number of aliphatic carboxylic acids is 1. The topological polar surface area (TPSA) is 66.3 Å². The number of rotatable bonds is 4. The SMILES string of the molecule is O=C(O)CCc1nnc(N2CCCCC2)s1. The van der Waals surface area contributed by atoms with E-state index in [0.717, 1.165) is 23.2 Å². The number of anilines is 1. The lowest BCUT2D eigenvalue weighted by atomic mass is 10.1. The molecule has 1 saturated heterocycles. The van der Waals surface area contributed by atoms with E-state index in [2.05, 4.69) is 15.1 Å². The van der Waals surface area contributed by atoms with E-state index < -0.39 is 5.97 Å². The summed E-state index contributed by atoms with van der Waals surface area (Å²) in [4.78, 5) is 12.7. The first-order valence-corrected chi connectivity index (χ1v) is 6.36. The van der Waals surface area contributed by atoms with Crippen molar-refractivity contribution in [3.05, 3.63) is 5.01 Å². The van der Waals surface area contributed by atoms with Crippen LogP contribution in [0.25, 0.3) is 0 Å². The minimum absolute atomic E-state index is 0.134. The molecule has 1 aliphatic heterocycles. The number of carboxylic acids is 1. The van der Waals surface area contributed by atoms with Crippen LogP contribution in [0.15, 0.2) is 0 Å². The molecule has 1 aliphatic rings. The minimum atomic E-state index is -0.783. The Morgan fingerprint density at radius 3 is 2.75 bits per heavy atom. The van der Waals surface area contributed by atoms with Gasteiger partial charge >= 0.3 is 5.97 Å². The van der Waals surface area contributed by atoms with Crippen molar-refractivity contribution in [3.8, 4) is 0 Å². The smallest absolute Gasteiger partial charge is 0.303 e. The zero-order valence-corrected chi connectivity index (χ0v) is 9.87. The van der Waals surface area contributed by atoms with Crippen LogP contribution in [0.1, 0.15) is 30.7 Å². The third-order valence-electron chi connectivity index (χ3n) is 2.64. The van der Waals surface area contributed by atoms with Crippen LogP contribution in [-0.4, -0.2) is 34.4 Å². The summed E-state index contributed by atoms with van der Waals surface area (Å²) in [5.41, 5.74) is 0. The molecule has 2 rings (SSSR count). The summed E-state index contributed by atoms with van der Waals surface area (Å²) in [6, 6.07) is 0. The molecule has 6 heteroatoms. The van der Waals surface area contributed by atoms with Crippen molar-refractivity contribution in [1.82, 2.24) is 10.2 Å². The van der Waals surface area contributed by atoms with Crippen molar-refractivity contribution in [2.24, 2.45) is 0 Å². The molecule has 16 heavy (non-hydrogen) atoms. The standard InChI is InChI=1S/C10H15N3O2S/c14-9(15)5-4-8-11-12-10(16-8)13-6-2-1-3-7-13/h1-7H2,(H,14,15). The normalized spacial score (nSPS) is 16.4. The number of aryl methyl sites for hydroxylation is 1. The van der Waals surface area contributed by atoms with Gasteiger partial charge in [0.2, 0.25) is 5.13 Å². The number of hydrogen-bond donors (Lipinski definition) is 1. The fraction of sp³-hybridized carbons (Fsp3) is 0.700. The summed E-state index contributed by atoms with van der Waals surface area (Å²) in [7, 11) is 0. The van der Waals surface area contributed by atoms with Crippen LogP contribution in [0.5, 0.6) is 0 Å². The third kappa shape index (κ3) is 2.91. The van der Waals surface area contributed by atoms with Gasteiger partial charge in [-0.1, -0.05) is 11.3 Å². The van der Waals surface area contributed by atoms with Gasteiger partial charge in [0.25, 0.3) is 0 Å². The highest BCUT2D eigenvalue weighted by Gasteiger charge is 2.15. The van der Waals surface area contributed by atoms with Crippen molar-refractivity contribution in [3.63, 3.8) is 0 Å². The van der Waals surface area contributed by atoms with Gasteiger partial charge in [-0.2, -0.15) is 0 Å². The third-order valence-corrected chi connectivity index (χ3v) is 3.68. The molecule has 0 bridgehead atoms.